The van der Waals surface area contributed by atoms with Crippen molar-refractivity contribution >= 4 is 0 Å². The fourth-order valence-electron chi connectivity index (χ4n) is 3.03. The van der Waals surface area contributed by atoms with Gasteiger partial charge in [-0.1, -0.05) is 12.1 Å². The average molecular weight is 360 g/mol. The van der Waals surface area contributed by atoms with E-state index in [4.69, 9.17) is 18.9 Å². The third-order valence-corrected chi connectivity index (χ3v) is 4.16. The SMILES string of the molecule is COc1cc(CNNCc2cc(C)c(OC)c(C)c2)cc(OC)c1OC. The number of methoxy groups -OCH3 is 4. The van der Waals surface area contributed by atoms with Crippen molar-refractivity contribution in [3.8, 4) is 23.0 Å². The third-order valence-electron chi connectivity index (χ3n) is 4.16. The molecule has 142 valence electrons. The summed E-state index contributed by atoms with van der Waals surface area (Å²) in [5.41, 5.74) is 10.9. The Hall–Kier alpha value is -2.44. The minimum atomic E-state index is 0.593. The van der Waals surface area contributed by atoms with Crippen molar-refractivity contribution in [2.24, 2.45) is 0 Å². The Morgan fingerprint density at radius 2 is 1.04 bits per heavy atom. The van der Waals surface area contributed by atoms with Gasteiger partial charge in [-0.3, -0.25) is 10.9 Å². The Bertz CT molecular complexity index is 699. The van der Waals surface area contributed by atoms with Gasteiger partial charge in [-0.15, -0.1) is 0 Å². The van der Waals surface area contributed by atoms with Crippen molar-refractivity contribution in [1.29, 1.82) is 0 Å². The molecule has 6 nitrogen and oxygen atoms in total. The molecule has 0 aliphatic heterocycles. The van der Waals surface area contributed by atoms with E-state index in [0.717, 1.165) is 22.4 Å². The highest BCUT2D eigenvalue weighted by molar-refractivity contribution is 5.53. The minimum Gasteiger partial charge on any atom is -0.496 e. The van der Waals surface area contributed by atoms with Crippen molar-refractivity contribution < 1.29 is 18.9 Å². The van der Waals surface area contributed by atoms with Crippen LogP contribution in [0.25, 0.3) is 0 Å². The maximum Gasteiger partial charge on any atom is 0.203 e. The largest absolute Gasteiger partial charge is 0.496 e. The van der Waals surface area contributed by atoms with Gasteiger partial charge in [-0.2, -0.15) is 0 Å². The minimum absolute atomic E-state index is 0.593. The monoisotopic (exact) mass is 360 g/mol. The van der Waals surface area contributed by atoms with Crippen LogP contribution in [0.1, 0.15) is 22.3 Å². The van der Waals surface area contributed by atoms with Crippen molar-refractivity contribution in [1.82, 2.24) is 10.9 Å². The molecule has 0 fully saturated rings. The lowest BCUT2D eigenvalue weighted by molar-refractivity contribution is 0.323. The summed E-state index contributed by atoms with van der Waals surface area (Å²) in [6.45, 7) is 5.43. The van der Waals surface area contributed by atoms with Gasteiger partial charge < -0.3 is 18.9 Å². The predicted octanol–water partition coefficient (Wildman–Crippen LogP) is 3.13. The van der Waals surface area contributed by atoms with Gasteiger partial charge in [0.05, 0.1) is 28.4 Å². The summed E-state index contributed by atoms with van der Waals surface area (Å²) in [7, 11) is 6.52. The number of benzene rings is 2. The average Bonchev–Trinajstić information content (AvgIpc) is 2.64. The quantitative estimate of drug-likeness (QED) is 0.529. The molecule has 0 radical (unpaired) electrons. The van der Waals surface area contributed by atoms with Crippen LogP contribution in [0, 0.1) is 13.8 Å². The van der Waals surface area contributed by atoms with Crippen LogP contribution in [0.4, 0.5) is 0 Å². The van der Waals surface area contributed by atoms with Gasteiger partial charge in [-0.25, -0.2) is 0 Å². The summed E-state index contributed by atoms with van der Waals surface area (Å²) in [6.07, 6.45) is 0. The molecule has 0 unspecified atom stereocenters. The molecule has 0 saturated heterocycles. The molecule has 2 rings (SSSR count). The number of rotatable bonds is 9. The van der Waals surface area contributed by atoms with E-state index in [9.17, 15) is 0 Å². The maximum atomic E-state index is 5.41. The second kappa shape index (κ2) is 9.31. The topological polar surface area (TPSA) is 61.0 Å². The first-order valence-corrected chi connectivity index (χ1v) is 8.42. The van der Waals surface area contributed by atoms with Gasteiger partial charge >= 0.3 is 0 Å². The van der Waals surface area contributed by atoms with Gasteiger partial charge in [0.25, 0.3) is 0 Å². The molecule has 0 bridgehead atoms. The summed E-state index contributed by atoms with van der Waals surface area (Å²) >= 11 is 0. The Balaban J connectivity index is 1.98. The lowest BCUT2D eigenvalue weighted by Crippen LogP contribution is -2.30. The third kappa shape index (κ3) is 4.59. The van der Waals surface area contributed by atoms with E-state index >= 15 is 0 Å². The van der Waals surface area contributed by atoms with Crippen molar-refractivity contribution in [3.05, 3.63) is 46.5 Å². The normalized spacial score (nSPS) is 10.5. The van der Waals surface area contributed by atoms with Crippen molar-refractivity contribution in [2.45, 2.75) is 26.9 Å². The van der Waals surface area contributed by atoms with Crippen LogP contribution in [-0.2, 0) is 13.1 Å². The zero-order valence-electron chi connectivity index (χ0n) is 16.4. The van der Waals surface area contributed by atoms with Gasteiger partial charge in [0.2, 0.25) is 5.75 Å². The summed E-state index contributed by atoms with van der Waals surface area (Å²) in [4.78, 5) is 0. The molecular weight excluding hydrogens is 332 g/mol. The Labute approximate surface area is 155 Å². The van der Waals surface area contributed by atoms with Gasteiger partial charge in [-0.05, 0) is 48.2 Å². The number of hydrogen-bond donors (Lipinski definition) is 2. The molecule has 0 aromatic heterocycles. The van der Waals surface area contributed by atoms with Crippen molar-refractivity contribution in [2.75, 3.05) is 28.4 Å². The van der Waals surface area contributed by atoms with E-state index in [-0.39, 0.29) is 0 Å². The Morgan fingerprint density at radius 1 is 0.615 bits per heavy atom. The standard InChI is InChI=1S/C20H28N2O4/c1-13-7-15(8-14(2)19(13)25-5)11-21-22-12-16-9-17(23-3)20(26-6)18(10-16)24-4/h7-10,21-22H,11-12H2,1-6H3. The van der Waals surface area contributed by atoms with Crippen LogP contribution in [-0.4, -0.2) is 28.4 Å². The van der Waals surface area contributed by atoms with Crippen LogP contribution in [0.15, 0.2) is 24.3 Å². The maximum absolute atomic E-state index is 5.41. The molecule has 2 aromatic rings. The molecule has 0 heterocycles. The highest BCUT2D eigenvalue weighted by Gasteiger charge is 2.13. The molecular formula is C20H28N2O4. The second-order valence-electron chi connectivity index (χ2n) is 6.00. The highest BCUT2D eigenvalue weighted by Crippen LogP contribution is 2.38. The van der Waals surface area contributed by atoms with Gasteiger partial charge in [0, 0.05) is 13.1 Å². The van der Waals surface area contributed by atoms with Crippen molar-refractivity contribution in [3.63, 3.8) is 0 Å². The molecule has 0 aliphatic carbocycles. The van der Waals surface area contributed by atoms with Crippen LogP contribution in [0.5, 0.6) is 23.0 Å². The van der Waals surface area contributed by atoms with Gasteiger partial charge in [0.1, 0.15) is 5.75 Å². The molecule has 26 heavy (non-hydrogen) atoms. The van der Waals surface area contributed by atoms with Gasteiger partial charge in [0.15, 0.2) is 11.5 Å². The summed E-state index contributed by atoms with van der Waals surface area (Å²) in [5, 5.41) is 0. The fourth-order valence-corrected chi connectivity index (χ4v) is 3.03. The number of hydrogen-bond acceptors (Lipinski definition) is 6. The molecule has 2 aromatic carbocycles. The molecule has 0 saturated carbocycles. The molecule has 0 spiro atoms. The number of hydrazine groups is 1. The fraction of sp³-hybridized carbons (Fsp3) is 0.400. The molecule has 0 atom stereocenters. The van der Waals surface area contributed by atoms with E-state index in [0.29, 0.717) is 30.3 Å². The summed E-state index contributed by atoms with van der Waals surface area (Å²) in [5.74, 6) is 2.82. The first kappa shape index (κ1) is 19.9. The molecule has 6 heteroatoms. The number of nitrogens with one attached hydrogen (secondary N) is 2. The van der Waals surface area contributed by atoms with E-state index in [2.05, 4.69) is 36.8 Å². The summed E-state index contributed by atoms with van der Waals surface area (Å²) < 4.78 is 21.5. The van der Waals surface area contributed by atoms with Crippen LogP contribution in [0.2, 0.25) is 0 Å². The van der Waals surface area contributed by atoms with Crippen LogP contribution < -0.4 is 29.8 Å². The lowest BCUT2D eigenvalue weighted by atomic mass is 10.1. The lowest BCUT2D eigenvalue weighted by Gasteiger charge is -2.15. The first-order valence-electron chi connectivity index (χ1n) is 8.42. The molecule has 0 aliphatic rings. The zero-order valence-corrected chi connectivity index (χ0v) is 16.4. The van der Waals surface area contributed by atoms with Crippen LogP contribution >= 0.6 is 0 Å². The van der Waals surface area contributed by atoms with Crippen LogP contribution in [0.3, 0.4) is 0 Å². The second-order valence-corrected chi connectivity index (χ2v) is 6.00. The Morgan fingerprint density at radius 3 is 1.42 bits per heavy atom. The Kier molecular flexibility index (Phi) is 7.12. The van der Waals surface area contributed by atoms with E-state index in [1.54, 1.807) is 28.4 Å². The molecule has 2 N–H and O–H groups in total. The zero-order chi connectivity index (χ0) is 19.1. The van der Waals surface area contributed by atoms with E-state index in [1.807, 2.05) is 12.1 Å². The van der Waals surface area contributed by atoms with E-state index in [1.165, 1.54) is 5.56 Å². The first-order chi connectivity index (χ1) is 12.5. The number of ether oxygens (including phenoxy) is 4. The molecule has 0 amide bonds. The predicted molar refractivity (Wildman–Crippen MR) is 102 cm³/mol. The summed E-state index contributed by atoms with van der Waals surface area (Å²) in [6, 6.07) is 8.11. The number of aryl methyl sites for hydroxylation is 2. The smallest absolute Gasteiger partial charge is 0.203 e. The highest BCUT2D eigenvalue weighted by atomic mass is 16.5. The van der Waals surface area contributed by atoms with E-state index < -0.39 is 0 Å².